The molecular weight excluding hydrogens is 354 g/mol. The number of piperidine rings is 1. The molecule has 1 unspecified atom stereocenters. The van der Waals surface area contributed by atoms with Crippen molar-refractivity contribution in [2.24, 2.45) is 7.05 Å². The maximum atomic E-state index is 12.7. The fourth-order valence-corrected chi connectivity index (χ4v) is 4.15. The molecule has 1 fully saturated rings. The van der Waals surface area contributed by atoms with Gasteiger partial charge in [0.2, 0.25) is 0 Å². The molecular formula is C14H18ClN5O3S. The Balaban J connectivity index is 1.73. The van der Waals surface area contributed by atoms with E-state index in [4.69, 9.17) is 16.3 Å². The Morgan fingerprint density at radius 2 is 2.04 bits per heavy atom. The summed E-state index contributed by atoms with van der Waals surface area (Å²) in [6.07, 6.45) is 5.54. The maximum absolute atomic E-state index is 12.7. The normalized spacial score (nSPS) is 19.4. The van der Waals surface area contributed by atoms with Crippen molar-refractivity contribution in [1.29, 1.82) is 0 Å². The zero-order valence-corrected chi connectivity index (χ0v) is 15.0. The zero-order valence-electron chi connectivity index (χ0n) is 13.4. The quantitative estimate of drug-likeness (QED) is 0.807. The molecule has 1 aliphatic heterocycles. The van der Waals surface area contributed by atoms with Crippen LogP contribution in [0.25, 0.3) is 0 Å². The van der Waals surface area contributed by atoms with Crippen LogP contribution in [-0.2, 0) is 17.1 Å². The molecule has 0 amide bonds. The van der Waals surface area contributed by atoms with Crippen LogP contribution in [0.3, 0.4) is 0 Å². The van der Waals surface area contributed by atoms with Crippen molar-refractivity contribution < 1.29 is 13.2 Å². The van der Waals surface area contributed by atoms with Gasteiger partial charge in [0.25, 0.3) is 10.0 Å². The lowest BCUT2D eigenvalue weighted by Gasteiger charge is -2.30. The number of halogens is 1. The minimum Gasteiger partial charge on any atom is -0.459 e. The van der Waals surface area contributed by atoms with Gasteiger partial charge in [-0.05, 0) is 19.8 Å². The highest BCUT2D eigenvalue weighted by Gasteiger charge is 2.33. The van der Waals surface area contributed by atoms with Crippen LogP contribution >= 0.6 is 11.6 Å². The average molecular weight is 372 g/mol. The summed E-state index contributed by atoms with van der Waals surface area (Å²) >= 11 is 5.74. The monoisotopic (exact) mass is 371 g/mol. The second-order valence-corrected chi connectivity index (χ2v) is 7.99. The number of nitrogens with zero attached hydrogens (tertiary/aromatic N) is 5. The molecule has 1 aliphatic rings. The number of imidazole rings is 1. The summed E-state index contributed by atoms with van der Waals surface area (Å²) < 4.78 is 34.3. The predicted octanol–water partition coefficient (Wildman–Crippen LogP) is 1.40. The van der Waals surface area contributed by atoms with Crippen molar-refractivity contribution in [1.82, 2.24) is 23.8 Å². The van der Waals surface area contributed by atoms with Crippen molar-refractivity contribution in [3.63, 3.8) is 0 Å². The molecule has 130 valence electrons. The number of rotatable bonds is 4. The Labute approximate surface area is 145 Å². The fraction of sp³-hybridized carbons (Fsp3) is 0.500. The number of hydrogen-bond donors (Lipinski definition) is 0. The molecule has 0 saturated carbocycles. The smallest absolute Gasteiger partial charge is 0.316 e. The third-order valence-corrected chi connectivity index (χ3v) is 5.83. The van der Waals surface area contributed by atoms with Gasteiger partial charge < -0.3 is 9.30 Å². The Bertz CT molecular complexity index is 802. The maximum Gasteiger partial charge on any atom is 0.316 e. The third kappa shape index (κ3) is 3.52. The lowest BCUT2D eigenvalue weighted by molar-refractivity contribution is 0.119. The summed E-state index contributed by atoms with van der Waals surface area (Å²) in [5.74, 6) is 0.646. The molecule has 8 nitrogen and oxygen atoms in total. The minimum absolute atomic E-state index is 0.0610. The number of ether oxygens (including phenoxy) is 1. The van der Waals surface area contributed by atoms with E-state index < -0.39 is 10.0 Å². The van der Waals surface area contributed by atoms with Crippen LogP contribution in [0.15, 0.2) is 23.6 Å². The highest BCUT2D eigenvalue weighted by Crippen LogP contribution is 2.22. The molecule has 2 aromatic heterocycles. The van der Waals surface area contributed by atoms with Gasteiger partial charge in [0, 0.05) is 19.8 Å². The number of hydrogen-bond acceptors (Lipinski definition) is 6. The van der Waals surface area contributed by atoms with Gasteiger partial charge in [-0.3, -0.25) is 0 Å². The molecule has 0 aromatic carbocycles. The van der Waals surface area contributed by atoms with E-state index in [2.05, 4.69) is 15.0 Å². The van der Waals surface area contributed by atoms with Gasteiger partial charge in [0.15, 0.2) is 5.03 Å². The van der Waals surface area contributed by atoms with Gasteiger partial charge in [-0.2, -0.15) is 4.31 Å². The first kappa shape index (κ1) is 17.1. The second kappa shape index (κ2) is 6.66. The van der Waals surface area contributed by atoms with E-state index in [1.165, 1.54) is 22.9 Å². The summed E-state index contributed by atoms with van der Waals surface area (Å²) in [5.41, 5.74) is 0. The average Bonchev–Trinajstić information content (AvgIpc) is 2.90. The van der Waals surface area contributed by atoms with E-state index in [1.54, 1.807) is 18.5 Å². The Morgan fingerprint density at radius 1 is 1.33 bits per heavy atom. The minimum atomic E-state index is -3.64. The number of aromatic nitrogens is 4. The Morgan fingerprint density at radius 3 is 2.67 bits per heavy atom. The van der Waals surface area contributed by atoms with Gasteiger partial charge in [-0.25, -0.2) is 23.4 Å². The molecule has 3 heterocycles. The van der Waals surface area contributed by atoms with Crippen molar-refractivity contribution in [2.45, 2.75) is 30.9 Å². The van der Waals surface area contributed by atoms with E-state index in [0.29, 0.717) is 23.8 Å². The van der Waals surface area contributed by atoms with E-state index in [-0.39, 0.29) is 23.7 Å². The van der Waals surface area contributed by atoms with Crippen LogP contribution in [0, 0.1) is 6.92 Å². The summed E-state index contributed by atoms with van der Waals surface area (Å²) in [7, 11) is -1.87. The first-order valence-corrected chi connectivity index (χ1v) is 9.32. The third-order valence-electron chi connectivity index (χ3n) is 3.90. The van der Waals surface area contributed by atoms with Crippen LogP contribution in [-0.4, -0.2) is 51.4 Å². The van der Waals surface area contributed by atoms with Crippen molar-refractivity contribution in [2.75, 3.05) is 13.1 Å². The van der Waals surface area contributed by atoms with Gasteiger partial charge in [0.1, 0.15) is 11.9 Å². The lowest BCUT2D eigenvalue weighted by Crippen LogP contribution is -2.44. The Kier molecular flexibility index (Phi) is 4.75. The highest BCUT2D eigenvalue weighted by molar-refractivity contribution is 7.89. The van der Waals surface area contributed by atoms with Crippen LogP contribution in [0.4, 0.5) is 0 Å². The summed E-state index contributed by atoms with van der Waals surface area (Å²) in [6, 6.07) is 0.192. The van der Waals surface area contributed by atoms with Crippen molar-refractivity contribution in [3.8, 4) is 6.01 Å². The van der Waals surface area contributed by atoms with E-state index in [1.807, 2.05) is 0 Å². The van der Waals surface area contributed by atoms with Gasteiger partial charge in [0.05, 0.1) is 24.0 Å². The molecule has 0 aliphatic carbocycles. The molecule has 0 radical (unpaired) electrons. The van der Waals surface area contributed by atoms with Crippen LogP contribution in [0.2, 0.25) is 5.02 Å². The SMILES string of the molecule is Cc1nc(S(=O)(=O)N2CCCC(Oc3ncc(Cl)cn3)C2)cn1C. The Hall–Kier alpha value is -1.71. The molecule has 1 saturated heterocycles. The zero-order chi connectivity index (χ0) is 17.3. The van der Waals surface area contributed by atoms with Crippen molar-refractivity contribution >= 4 is 21.6 Å². The number of sulfonamides is 1. The van der Waals surface area contributed by atoms with Crippen molar-refractivity contribution in [3.05, 3.63) is 29.4 Å². The fourth-order valence-electron chi connectivity index (χ4n) is 2.51. The summed E-state index contributed by atoms with van der Waals surface area (Å²) in [4.78, 5) is 12.1. The molecule has 10 heteroatoms. The van der Waals surface area contributed by atoms with E-state index in [0.717, 1.165) is 6.42 Å². The molecule has 0 bridgehead atoms. The van der Waals surface area contributed by atoms with Gasteiger partial charge >= 0.3 is 6.01 Å². The first-order valence-electron chi connectivity index (χ1n) is 7.50. The molecule has 0 N–H and O–H groups in total. The van der Waals surface area contributed by atoms with Crippen LogP contribution in [0.5, 0.6) is 6.01 Å². The first-order chi connectivity index (χ1) is 11.4. The highest BCUT2D eigenvalue weighted by atomic mass is 35.5. The number of aryl methyl sites for hydroxylation is 2. The molecule has 3 rings (SSSR count). The van der Waals surface area contributed by atoms with E-state index in [9.17, 15) is 8.42 Å². The molecule has 2 aromatic rings. The molecule has 24 heavy (non-hydrogen) atoms. The standard InChI is InChI=1S/C14H18ClN5O3S/c1-10-18-13(9-19(10)2)24(21,22)20-5-3-4-12(8-20)23-14-16-6-11(15)7-17-14/h6-7,9,12H,3-5,8H2,1-2H3. The topological polar surface area (TPSA) is 90.2 Å². The van der Waals surface area contributed by atoms with E-state index >= 15 is 0 Å². The van der Waals surface area contributed by atoms with Crippen LogP contribution in [0.1, 0.15) is 18.7 Å². The molecule has 0 spiro atoms. The van der Waals surface area contributed by atoms with Gasteiger partial charge in [-0.1, -0.05) is 11.6 Å². The second-order valence-electron chi connectivity index (χ2n) is 5.67. The molecule has 1 atom stereocenters. The summed E-state index contributed by atoms with van der Waals surface area (Å²) in [5, 5.41) is 0.478. The van der Waals surface area contributed by atoms with Crippen LogP contribution < -0.4 is 4.74 Å². The summed E-state index contributed by atoms with van der Waals surface area (Å²) in [6.45, 7) is 2.45. The lowest BCUT2D eigenvalue weighted by atomic mass is 10.1. The van der Waals surface area contributed by atoms with Gasteiger partial charge in [-0.15, -0.1) is 0 Å². The largest absolute Gasteiger partial charge is 0.459 e. The predicted molar refractivity (Wildman–Crippen MR) is 87.4 cm³/mol.